The molecule has 1 fully saturated rings. The molecule has 0 amide bonds. The number of carbonyl (C=O) groups excluding carboxylic acids is 1. The molecule has 0 radical (unpaired) electrons. The Kier molecular flexibility index (Phi) is 5.53. The standard InChI is InChI=1S/C17H29O6P/c1-7-20-15(18)13-12-10-11-17(6,16(12,4)5)14(13)23-24(19,21-8-2)22-9-3/h12H,7-11H2,1-6H3/t12-,17+/m1/s1. The first-order chi connectivity index (χ1) is 11.2. The zero-order valence-electron chi connectivity index (χ0n) is 15.5. The molecule has 0 aromatic carbocycles. The second-order valence-electron chi connectivity index (χ2n) is 6.98. The van der Waals surface area contributed by atoms with Gasteiger partial charge in [0.15, 0.2) is 0 Å². The van der Waals surface area contributed by atoms with Crippen LogP contribution >= 0.6 is 7.82 Å². The minimum Gasteiger partial charge on any atom is -0.463 e. The first-order valence-corrected chi connectivity index (χ1v) is 10.1. The van der Waals surface area contributed by atoms with Crippen LogP contribution in [0.25, 0.3) is 0 Å². The van der Waals surface area contributed by atoms with Gasteiger partial charge in [-0.3, -0.25) is 9.05 Å². The quantitative estimate of drug-likeness (QED) is 0.470. The topological polar surface area (TPSA) is 71.1 Å². The van der Waals surface area contributed by atoms with Crippen LogP contribution in [0.3, 0.4) is 0 Å². The van der Waals surface area contributed by atoms with Crippen LogP contribution in [0.1, 0.15) is 54.4 Å². The van der Waals surface area contributed by atoms with E-state index in [-0.39, 0.29) is 31.2 Å². The maximum Gasteiger partial charge on any atom is 0.529 e. The van der Waals surface area contributed by atoms with Crippen LogP contribution in [-0.4, -0.2) is 25.8 Å². The minimum absolute atomic E-state index is 0.0215. The van der Waals surface area contributed by atoms with Gasteiger partial charge in [-0.15, -0.1) is 0 Å². The van der Waals surface area contributed by atoms with Gasteiger partial charge >= 0.3 is 13.8 Å². The van der Waals surface area contributed by atoms with Crippen LogP contribution in [0, 0.1) is 16.7 Å². The molecule has 0 spiro atoms. The van der Waals surface area contributed by atoms with Gasteiger partial charge in [-0.2, -0.15) is 0 Å². The Morgan fingerprint density at radius 1 is 1.12 bits per heavy atom. The first-order valence-electron chi connectivity index (χ1n) is 8.67. The average molecular weight is 360 g/mol. The van der Waals surface area contributed by atoms with Crippen LogP contribution in [0.2, 0.25) is 0 Å². The van der Waals surface area contributed by atoms with Crippen LogP contribution in [0.4, 0.5) is 0 Å². The zero-order chi connectivity index (χ0) is 18.2. The normalized spacial score (nSPS) is 28.3. The molecule has 2 bridgehead atoms. The lowest BCUT2D eigenvalue weighted by Gasteiger charge is -2.36. The molecule has 7 heteroatoms. The number of hydrogen-bond donors (Lipinski definition) is 0. The molecule has 0 unspecified atom stereocenters. The smallest absolute Gasteiger partial charge is 0.463 e. The van der Waals surface area contributed by atoms with Crippen molar-refractivity contribution in [3.8, 4) is 0 Å². The SMILES string of the molecule is CCOC(=O)C1=C(OP(=O)(OCC)OCC)[C@]2(C)CC[C@H]1C2(C)C. The Hall–Kier alpha value is -0.840. The van der Waals surface area contributed by atoms with Crippen molar-refractivity contribution in [3.63, 3.8) is 0 Å². The first kappa shape index (κ1) is 19.5. The van der Waals surface area contributed by atoms with E-state index in [9.17, 15) is 9.36 Å². The molecule has 138 valence electrons. The summed E-state index contributed by atoms with van der Waals surface area (Å²) in [6.07, 6.45) is 1.75. The number of fused-ring (bicyclic) bond motifs is 2. The summed E-state index contributed by atoms with van der Waals surface area (Å²) in [5, 5.41) is 0. The summed E-state index contributed by atoms with van der Waals surface area (Å²) in [6, 6.07) is 0. The van der Waals surface area contributed by atoms with Gasteiger partial charge in [0.1, 0.15) is 5.76 Å². The van der Waals surface area contributed by atoms with Gasteiger partial charge < -0.3 is 9.26 Å². The number of esters is 1. The number of allylic oxidation sites excluding steroid dienone is 1. The molecule has 2 rings (SSSR count). The summed E-state index contributed by atoms with van der Waals surface area (Å²) in [6.45, 7) is 12.2. The Morgan fingerprint density at radius 3 is 2.21 bits per heavy atom. The third kappa shape index (κ3) is 2.93. The summed E-state index contributed by atoms with van der Waals surface area (Å²) in [7, 11) is -3.76. The molecule has 0 saturated heterocycles. The Morgan fingerprint density at radius 2 is 1.71 bits per heavy atom. The average Bonchev–Trinajstić information content (AvgIpc) is 2.80. The largest absolute Gasteiger partial charge is 0.529 e. The lowest BCUT2D eigenvalue weighted by atomic mass is 9.70. The van der Waals surface area contributed by atoms with Crippen molar-refractivity contribution in [1.29, 1.82) is 0 Å². The van der Waals surface area contributed by atoms with Crippen molar-refractivity contribution in [2.24, 2.45) is 16.7 Å². The summed E-state index contributed by atoms with van der Waals surface area (Å²) in [4.78, 5) is 12.5. The maximum absolute atomic E-state index is 12.9. The number of carbonyl (C=O) groups is 1. The van der Waals surface area contributed by atoms with Crippen molar-refractivity contribution in [3.05, 3.63) is 11.3 Å². The van der Waals surface area contributed by atoms with Gasteiger partial charge in [0, 0.05) is 11.3 Å². The van der Waals surface area contributed by atoms with Crippen LogP contribution in [0.5, 0.6) is 0 Å². The number of phosphoric acid groups is 1. The van der Waals surface area contributed by atoms with E-state index < -0.39 is 19.2 Å². The number of hydrogen-bond acceptors (Lipinski definition) is 6. The zero-order valence-corrected chi connectivity index (χ0v) is 16.4. The fraction of sp³-hybridized carbons (Fsp3) is 0.824. The van der Waals surface area contributed by atoms with Crippen LogP contribution in [0.15, 0.2) is 11.3 Å². The van der Waals surface area contributed by atoms with Crippen molar-refractivity contribution in [1.82, 2.24) is 0 Å². The van der Waals surface area contributed by atoms with Gasteiger partial charge in [-0.05, 0) is 39.0 Å². The van der Waals surface area contributed by atoms with Crippen molar-refractivity contribution >= 4 is 13.8 Å². The van der Waals surface area contributed by atoms with E-state index in [1.54, 1.807) is 20.8 Å². The highest BCUT2D eigenvalue weighted by molar-refractivity contribution is 7.48. The van der Waals surface area contributed by atoms with Crippen LogP contribution < -0.4 is 0 Å². The van der Waals surface area contributed by atoms with E-state index in [1.165, 1.54) is 0 Å². The Balaban J connectivity index is 2.48. The van der Waals surface area contributed by atoms with Crippen molar-refractivity contribution < 1.29 is 27.7 Å². The molecular formula is C17H29O6P. The highest BCUT2D eigenvalue weighted by Gasteiger charge is 2.64. The molecule has 2 aliphatic rings. The van der Waals surface area contributed by atoms with Gasteiger partial charge in [-0.1, -0.05) is 20.8 Å². The monoisotopic (exact) mass is 360 g/mol. The molecule has 0 aromatic rings. The van der Waals surface area contributed by atoms with Gasteiger partial charge in [-0.25, -0.2) is 9.36 Å². The number of rotatable bonds is 8. The van der Waals surface area contributed by atoms with E-state index in [1.807, 2.05) is 0 Å². The molecule has 6 nitrogen and oxygen atoms in total. The van der Waals surface area contributed by atoms with E-state index in [4.69, 9.17) is 18.3 Å². The fourth-order valence-electron chi connectivity index (χ4n) is 3.98. The second kappa shape index (κ2) is 6.81. The summed E-state index contributed by atoms with van der Waals surface area (Å²) in [5.74, 6) is 0.0502. The van der Waals surface area contributed by atoms with Crippen LogP contribution in [-0.2, 0) is 27.7 Å². The predicted octanol–water partition coefficient (Wildman–Crippen LogP) is 4.46. The second-order valence-corrected chi connectivity index (χ2v) is 8.58. The van der Waals surface area contributed by atoms with Crippen molar-refractivity contribution in [2.75, 3.05) is 19.8 Å². The van der Waals surface area contributed by atoms with E-state index in [0.717, 1.165) is 12.8 Å². The van der Waals surface area contributed by atoms with Gasteiger partial charge in [0.05, 0.1) is 25.4 Å². The molecule has 24 heavy (non-hydrogen) atoms. The lowest BCUT2D eigenvalue weighted by molar-refractivity contribution is -0.139. The highest BCUT2D eigenvalue weighted by Crippen LogP contribution is 2.71. The molecule has 0 N–H and O–H groups in total. The summed E-state index contributed by atoms with van der Waals surface area (Å²) in [5.41, 5.74) is -0.0904. The minimum atomic E-state index is -3.76. The predicted molar refractivity (Wildman–Crippen MR) is 90.2 cm³/mol. The highest BCUT2D eigenvalue weighted by atomic mass is 31.2. The summed E-state index contributed by atoms with van der Waals surface area (Å²) < 4.78 is 34.5. The third-order valence-electron chi connectivity index (χ3n) is 5.59. The fourth-order valence-corrected chi connectivity index (χ4v) is 5.31. The van der Waals surface area contributed by atoms with Gasteiger partial charge in [0.25, 0.3) is 0 Å². The summed E-state index contributed by atoms with van der Waals surface area (Å²) >= 11 is 0. The molecule has 2 atom stereocenters. The number of ether oxygens (including phenoxy) is 1. The molecule has 0 aromatic heterocycles. The lowest BCUT2D eigenvalue weighted by Crippen LogP contribution is -2.30. The van der Waals surface area contributed by atoms with Gasteiger partial charge in [0.2, 0.25) is 0 Å². The number of phosphoric ester groups is 1. The molecule has 0 aliphatic heterocycles. The van der Waals surface area contributed by atoms with E-state index >= 15 is 0 Å². The Bertz CT molecular complexity index is 572. The van der Waals surface area contributed by atoms with Crippen molar-refractivity contribution in [2.45, 2.75) is 54.4 Å². The third-order valence-corrected chi connectivity index (χ3v) is 7.15. The van der Waals surface area contributed by atoms with E-state index in [0.29, 0.717) is 11.3 Å². The maximum atomic E-state index is 12.9. The van der Waals surface area contributed by atoms with E-state index in [2.05, 4.69) is 20.8 Å². The Labute approximate surface area is 144 Å². The molecule has 0 heterocycles. The molecule has 2 aliphatic carbocycles. The molecular weight excluding hydrogens is 331 g/mol. The molecule has 1 saturated carbocycles.